The van der Waals surface area contributed by atoms with Gasteiger partial charge in [-0.25, -0.2) is 0 Å². The lowest BCUT2D eigenvalue weighted by molar-refractivity contribution is -0.138. The molecule has 0 amide bonds. The SMILES string of the molecule is NNCCC(N)C(=O)O. The van der Waals surface area contributed by atoms with Gasteiger partial charge in [0.2, 0.25) is 0 Å². The zero-order valence-corrected chi connectivity index (χ0v) is 5.00. The molecule has 1 atom stereocenters. The number of hydrazine groups is 1. The van der Waals surface area contributed by atoms with Gasteiger partial charge in [-0.05, 0) is 6.42 Å². The van der Waals surface area contributed by atoms with E-state index in [1.54, 1.807) is 0 Å². The van der Waals surface area contributed by atoms with E-state index in [9.17, 15) is 4.79 Å². The minimum atomic E-state index is -0.995. The molecule has 0 aliphatic rings. The van der Waals surface area contributed by atoms with Crippen LogP contribution in [0.2, 0.25) is 0 Å². The van der Waals surface area contributed by atoms with E-state index in [0.29, 0.717) is 13.0 Å². The minimum absolute atomic E-state index is 0.353. The highest BCUT2D eigenvalue weighted by atomic mass is 16.4. The number of carboxylic acid groups (broad SMARTS) is 1. The van der Waals surface area contributed by atoms with Crippen LogP contribution in [0.3, 0.4) is 0 Å². The fraction of sp³-hybridized carbons (Fsp3) is 0.750. The van der Waals surface area contributed by atoms with Gasteiger partial charge in [-0.2, -0.15) is 0 Å². The molecule has 0 radical (unpaired) electrons. The van der Waals surface area contributed by atoms with Crippen molar-refractivity contribution in [1.82, 2.24) is 5.43 Å². The van der Waals surface area contributed by atoms with Crippen molar-refractivity contribution in [1.29, 1.82) is 0 Å². The quantitative estimate of drug-likeness (QED) is 0.269. The lowest BCUT2D eigenvalue weighted by Crippen LogP contribution is -2.35. The van der Waals surface area contributed by atoms with E-state index >= 15 is 0 Å². The van der Waals surface area contributed by atoms with Gasteiger partial charge < -0.3 is 10.8 Å². The maximum absolute atomic E-state index is 10.0. The Balaban J connectivity index is 3.27. The maximum Gasteiger partial charge on any atom is 0.320 e. The Labute approximate surface area is 53.0 Å². The molecule has 0 saturated carbocycles. The Morgan fingerprint density at radius 3 is 2.67 bits per heavy atom. The number of nitrogens with two attached hydrogens (primary N) is 2. The van der Waals surface area contributed by atoms with E-state index in [2.05, 4.69) is 5.43 Å². The molecule has 1 unspecified atom stereocenters. The topological polar surface area (TPSA) is 101 Å². The summed E-state index contributed by atoms with van der Waals surface area (Å²) in [7, 11) is 0. The largest absolute Gasteiger partial charge is 0.480 e. The average molecular weight is 133 g/mol. The van der Waals surface area contributed by atoms with Gasteiger partial charge in [-0.1, -0.05) is 0 Å². The van der Waals surface area contributed by atoms with Crippen molar-refractivity contribution in [3.8, 4) is 0 Å². The van der Waals surface area contributed by atoms with Gasteiger partial charge in [0.15, 0.2) is 0 Å². The van der Waals surface area contributed by atoms with Gasteiger partial charge in [-0.3, -0.25) is 16.1 Å². The predicted octanol–water partition coefficient (Wildman–Crippen LogP) is -1.75. The third kappa shape index (κ3) is 3.89. The average Bonchev–Trinajstić information content (AvgIpc) is 1.82. The van der Waals surface area contributed by atoms with Crippen LogP contribution in [0.1, 0.15) is 6.42 Å². The highest BCUT2D eigenvalue weighted by Crippen LogP contribution is 1.83. The molecule has 0 saturated heterocycles. The molecule has 0 bridgehead atoms. The lowest BCUT2D eigenvalue weighted by atomic mass is 10.2. The van der Waals surface area contributed by atoms with E-state index in [1.807, 2.05) is 0 Å². The first-order chi connectivity index (χ1) is 4.18. The van der Waals surface area contributed by atoms with Crippen molar-refractivity contribution < 1.29 is 9.90 Å². The van der Waals surface area contributed by atoms with E-state index in [1.165, 1.54) is 0 Å². The van der Waals surface area contributed by atoms with Gasteiger partial charge in [-0.15, -0.1) is 0 Å². The zero-order chi connectivity index (χ0) is 7.28. The third-order valence-corrected chi connectivity index (χ3v) is 0.917. The second-order valence-corrected chi connectivity index (χ2v) is 1.69. The molecule has 0 fully saturated rings. The summed E-state index contributed by atoms with van der Waals surface area (Å²) in [5.74, 6) is 3.88. The third-order valence-electron chi connectivity index (χ3n) is 0.917. The summed E-state index contributed by atoms with van der Waals surface area (Å²) in [6.07, 6.45) is 0.353. The summed E-state index contributed by atoms with van der Waals surface area (Å²) >= 11 is 0. The number of aliphatic carboxylic acids is 1. The van der Waals surface area contributed by atoms with Crippen LogP contribution >= 0.6 is 0 Å². The Hall–Kier alpha value is -0.650. The summed E-state index contributed by atoms with van der Waals surface area (Å²) in [6.45, 7) is 0.424. The van der Waals surface area contributed by atoms with E-state index in [0.717, 1.165) is 0 Å². The maximum atomic E-state index is 10.0. The Morgan fingerprint density at radius 1 is 1.78 bits per heavy atom. The van der Waals surface area contributed by atoms with Crippen LogP contribution in [0.5, 0.6) is 0 Å². The zero-order valence-electron chi connectivity index (χ0n) is 5.00. The van der Waals surface area contributed by atoms with Gasteiger partial charge in [0.05, 0.1) is 0 Å². The van der Waals surface area contributed by atoms with Crippen LogP contribution in [-0.4, -0.2) is 23.7 Å². The van der Waals surface area contributed by atoms with Crippen LogP contribution in [-0.2, 0) is 4.79 Å². The molecule has 0 aromatic heterocycles. The fourth-order valence-corrected chi connectivity index (χ4v) is 0.362. The summed E-state index contributed by atoms with van der Waals surface area (Å²) in [4.78, 5) is 10.0. The monoisotopic (exact) mass is 133 g/mol. The van der Waals surface area contributed by atoms with Crippen molar-refractivity contribution in [2.75, 3.05) is 6.54 Å². The Kier molecular flexibility index (Phi) is 3.94. The molecule has 0 heterocycles. The lowest BCUT2D eigenvalue weighted by Gasteiger charge is -2.03. The molecule has 5 heteroatoms. The molecule has 5 nitrogen and oxygen atoms in total. The normalized spacial score (nSPS) is 13.1. The van der Waals surface area contributed by atoms with Gasteiger partial charge in [0.1, 0.15) is 6.04 Å². The van der Waals surface area contributed by atoms with Crippen molar-refractivity contribution in [2.45, 2.75) is 12.5 Å². The van der Waals surface area contributed by atoms with Gasteiger partial charge in [0, 0.05) is 6.54 Å². The fourth-order valence-electron chi connectivity index (χ4n) is 0.362. The minimum Gasteiger partial charge on any atom is -0.480 e. The second-order valence-electron chi connectivity index (χ2n) is 1.69. The molecule has 0 aromatic carbocycles. The molecule has 0 aromatic rings. The van der Waals surface area contributed by atoms with Crippen LogP contribution < -0.4 is 17.0 Å². The van der Waals surface area contributed by atoms with Crippen molar-refractivity contribution in [3.63, 3.8) is 0 Å². The number of nitrogens with one attached hydrogen (secondary N) is 1. The standard InChI is InChI=1S/C4H11N3O2/c5-3(4(8)9)1-2-7-6/h3,7H,1-2,5-6H2,(H,8,9). The predicted molar refractivity (Wildman–Crippen MR) is 32.4 cm³/mol. The smallest absolute Gasteiger partial charge is 0.320 e. The highest BCUT2D eigenvalue weighted by Gasteiger charge is 2.08. The molecule has 6 N–H and O–H groups in total. The summed E-state index contributed by atoms with van der Waals surface area (Å²) in [6, 6.07) is -0.805. The van der Waals surface area contributed by atoms with E-state index in [4.69, 9.17) is 16.7 Å². The number of hydrogen-bond acceptors (Lipinski definition) is 4. The van der Waals surface area contributed by atoms with Crippen LogP contribution in [0.25, 0.3) is 0 Å². The first-order valence-corrected chi connectivity index (χ1v) is 2.60. The second kappa shape index (κ2) is 4.25. The number of carboxylic acids is 1. The summed E-state index contributed by atoms with van der Waals surface area (Å²) in [5.41, 5.74) is 7.42. The highest BCUT2D eigenvalue weighted by molar-refractivity contribution is 5.72. The summed E-state index contributed by atoms with van der Waals surface area (Å²) < 4.78 is 0. The first kappa shape index (κ1) is 8.35. The molecule has 54 valence electrons. The number of rotatable bonds is 4. The van der Waals surface area contributed by atoms with Crippen molar-refractivity contribution in [3.05, 3.63) is 0 Å². The Morgan fingerprint density at radius 2 is 2.33 bits per heavy atom. The molecule has 0 rings (SSSR count). The number of carbonyl (C=O) groups is 1. The number of hydrogen-bond donors (Lipinski definition) is 4. The molecule has 0 spiro atoms. The molecular weight excluding hydrogens is 122 g/mol. The van der Waals surface area contributed by atoms with Crippen LogP contribution in [0.15, 0.2) is 0 Å². The van der Waals surface area contributed by atoms with Gasteiger partial charge in [0.25, 0.3) is 0 Å². The molecule has 9 heavy (non-hydrogen) atoms. The van der Waals surface area contributed by atoms with Crippen LogP contribution in [0, 0.1) is 0 Å². The van der Waals surface area contributed by atoms with Crippen molar-refractivity contribution >= 4 is 5.97 Å². The molecule has 0 aliphatic heterocycles. The van der Waals surface area contributed by atoms with Crippen LogP contribution in [0.4, 0.5) is 0 Å². The van der Waals surface area contributed by atoms with E-state index < -0.39 is 12.0 Å². The van der Waals surface area contributed by atoms with Gasteiger partial charge >= 0.3 is 5.97 Å². The van der Waals surface area contributed by atoms with E-state index in [-0.39, 0.29) is 0 Å². The Bertz CT molecular complexity index is 95.8. The first-order valence-electron chi connectivity index (χ1n) is 2.60. The summed E-state index contributed by atoms with van der Waals surface area (Å²) in [5, 5.41) is 8.22. The molecular formula is C4H11N3O2. The molecule has 0 aliphatic carbocycles. The van der Waals surface area contributed by atoms with Crippen molar-refractivity contribution in [2.24, 2.45) is 11.6 Å².